The number of pyridine rings is 1. The predicted octanol–water partition coefficient (Wildman–Crippen LogP) is 3.20. The van der Waals surface area contributed by atoms with Crippen LogP contribution in [-0.4, -0.2) is 30.9 Å². The largest absolute Gasteiger partial charge is 0.497 e. The van der Waals surface area contributed by atoms with E-state index in [-0.39, 0.29) is 18.4 Å². The molecule has 5 heteroatoms. The summed E-state index contributed by atoms with van der Waals surface area (Å²) in [7, 11) is 3.00. The molecule has 5 nitrogen and oxygen atoms in total. The second-order valence-corrected chi connectivity index (χ2v) is 5.02. The summed E-state index contributed by atoms with van der Waals surface area (Å²) in [6, 6.07) is 11.3. The van der Waals surface area contributed by atoms with Gasteiger partial charge in [-0.15, -0.1) is 0 Å². The molecule has 0 saturated heterocycles. The number of aliphatic imine (C=N–C) groups is 1. The molecular weight excluding hydrogens is 292 g/mol. The fourth-order valence-electron chi connectivity index (χ4n) is 2.16. The van der Waals surface area contributed by atoms with Gasteiger partial charge in [-0.1, -0.05) is 18.2 Å². The monoisotopic (exact) mass is 312 g/mol. The van der Waals surface area contributed by atoms with Crippen molar-refractivity contribution in [3.8, 4) is 5.75 Å². The summed E-state index contributed by atoms with van der Waals surface area (Å²) in [5, 5.41) is 0. The molecule has 1 aromatic heterocycles. The first kappa shape index (κ1) is 16.7. The van der Waals surface area contributed by atoms with Crippen molar-refractivity contribution in [2.45, 2.75) is 19.4 Å². The van der Waals surface area contributed by atoms with E-state index >= 15 is 0 Å². The van der Waals surface area contributed by atoms with Gasteiger partial charge in [0.2, 0.25) is 0 Å². The molecule has 2 rings (SSSR count). The normalized spacial score (nSPS) is 12.6. The topological polar surface area (TPSA) is 60.8 Å². The van der Waals surface area contributed by atoms with Crippen LogP contribution in [0.5, 0.6) is 5.75 Å². The third-order valence-electron chi connectivity index (χ3n) is 3.48. The van der Waals surface area contributed by atoms with Gasteiger partial charge < -0.3 is 9.47 Å². The van der Waals surface area contributed by atoms with Crippen LogP contribution in [0.4, 0.5) is 0 Å². The zero-order chi connectivity index (χ0) is 16.7. The zero-order valence-electron chi connectivity index (χ0n) is 13.5. The lowest BCUT2D eigenvalue weighted by Crippen LogP contribution is -2.12. The lowest BCUT2D eigenvalue weighted by atomic mass is 10.1. The highest BCUT2D eigenvalue weighted by Crippen LogP contribution is 2.21. The fourth-order valence-corrected chi connectivity index (χ4v) is 2.16. The molecule has 120 valence electrons. The maximum Gasteiger partial charge on any atom is 0.311 e. The minimum atomic E-state index is -0.325. The average Bonchev–Trinajstić information content (AvgIpc) is 2.61. The molecule has 23 heavy (non-hydrogen) atoms. The van der Waals surface area contributed by atoms with Crippen molar-refractivity contribution >= 4 is 11.7 Å². The number of carbonyl (C=O) groups is 1. The van der Waals surface area contributed by atoms with Gasteiger partial charge in [0.15, 0.2) is 0 Å². The molecule has 0 fully saturated rings. The Morgan fingerprint density at radius 2 is 1.96 bits per heavy atom. The van der Waals surface area contributed by atoms with Crippen LogP contribution in [0.15, 0.2) is 53.8 Å². The molecule has 1 atom stereocenters. The van der Waals surface area contributed by atoms with Crippen LogP contribution in [0.1, 0.15) is 30.5 Å². The van der Waals surface area contributed by atoms with Crippen molar-refractivity contribution in [2.75, 3.05) is 14.2 Å². The van der Waals surface area contributed by atoms with E-state index in [4.69, 9.17) is 14.5 Å². The Bertz CT molecular complexity index is 666. The van der Waals surface area contributed by atoms with E-state index < -0.39 is 0 Å². The third-order valence-corrected chi connectivity index (χ3v) is 3.48. The minimum Gasteiger partial charge on any atom is -0.497 e. The molecule has 0 bridgehead atoms. The number of esters is 1. The maximum absolute atomic E-state index is 11.7. The lowest BCUT2D eigenvalue weighted by Gasteiger charge is -2.12. The molecule has 0 N–H and O–H groups in total. The van der Waals surface area contributed by atoms with E-state index in [1.165, 1.54) is 7.11 Å². The zero-order valence-corrected chi connectivity index (χ0v) is 13.5. The SMILES string of the molecule is COC(=O)CC(=N[C@@H](C)c1ccc(OC)cc1)c1cccnc1. The molecule has 0 radical (unpaired) electrons. The second-order valence-electron chi connectivity index (χ2n) is 5.02. The molecule has 0 amide bonds. The third kappa shape index (κ3) is 4.64. The molecule has 0 spiro atoms. The van der Waals surface area contributed by atoms with E-state index in [1.54, 1.807) is 19.5 Å². The van der Waals surface area contributed by atoms with Crippen molar-refractivity contribution < 1.29 is 14.3 Å². The van der Waals surface area contributed by atoms with Gasteiger partial charge in [-0.05, 0) is 30.7 Å². The number of aromatic nitrogens is 1. The smallest absolute Gasteiger partial charge is 0.311 e. The van der Waals surface area contributed by atoms with Crippen LogP contribution in [0, 0.1) is 0 Å². The Kier molecular flexibility index (Phi) is 5.86. The van der Waals surface area contributed by atoms with E-state index in [0.717, 1.165) is 16.9 Å². The van der Waals surface area contributed by atoms with Gasteiger partial charge in [-0.2, -0.15) is 0 Å². The van der Waals surface area contributed by atoms with Gasteiger partial charge in [0.25, 0.3) is 0 Å². The molecular formula is C18H20N2O3. The highest BCUT2D eigenvalue weighted by atomic mass is 16.5. The van der Waals surface area contributed by atoms with Crippen LogP contribution in [0.25, 0.3) is 0 Å². The number of methoxy groups -OCH3 is 2. The molecule has 0 saturated carbocycles. The first-order valence-corrected chi connectivity index (χ1v) is 7.32. The highest BCUT2D eigenvalue weighted by molar-refractivity contribution is 6.09. The number of hydrogen-bond acceptors (Lipinski definition) is 5. The van der Waals surface area contributed by atoms with Crippen LogP contribution in [-0.2, 0) is 9.53 Å². The summed E-state index contributed by atoms with van der Waals surface area (Å²) < 4.78 is 9.92. The first-order valence-electron chi connectivity index (χ1n) is 7.32. The van der Waals surface area contributed by atoms with Crippen LogP contribution < -0.4 is 4.74 Å². The van der Waals surface area contributed by atoms with Crippen LogP contribution >= 0.6 is 0 Å². The first-order chi connectivity index (χ1) is 11.1. The fraction of sp³-hybridized carbons (Fsp3) is 0.278. The number of carbonyl (C=O) groups excluding carboxylic acids is 1. The molecule has 1 heterocycles. The van der Waals surface area contributed by atoms with Crippen molar-refractivity contribution in [3.05, 3.63) is 59.9 Å². The number of nitrogens with zero attached hydrogens (tertiary/aromatic N) is 2. The second kappa shape index (κ2) is 8.08. The van der Waals surface area contributed by atoms with Gasteiger partial charge in [-0.25, -0.2) is 0 Å². The van der Waals surface area contributed by atoms with Crippen LogP contribution in [0.3, 0.4) is 0 Å². The Hall–Kier alpha value is -2.69. The Balaban J connectivity index is 2.28. The van der Waals surface area contributed by atoms with Crippen molar-refractivity contribution in [1.82, 2.24) is 4.98 Å². The van der Waals surface area contributed by atoms with E-state index in [1.807, 2.05) is 43.3 Å². The minimum absolute atomic E-state index is 0.0965. The summed E-state index contributed by atoms with van der Waals surface area (Å²) in [6.45, 7) is 1.98. The summed E-state index contributed by atoms with van der Waals surface area (Å²) >= 11 is 0. The summed E-state index contributed by atoms with van der Waals surface area (Å²) in [6.07, 6.45) is 3.50. The van der Waals surface area contributed by atoms with Gasteiger partial charge in [0.1, 0.15) is 5.75 Å². The van der Waals surface area contributed by atoms with Crippen molar-refractivity contribution in [3.63, 3.8) is 0 Å². The molecule has 0 aliphatic carbocycles. The Labute approximate surface area is 136 Å². The van der Waals surface area contributed by atoms with Gasteiger partial charge in [-0.3, -0.25) is 14.8 Å². The van der Waals surface area contributed by atoms with Gasteiger partial charge in [0.05, 0.1) is 32.4 Å². The Morgan fingerprint density at radius 1 is 1.22 bits per heavy atom. The number of rotatable bonds is 6. The summed E-state index contributed by atoms with van der Waals surface area (Å²) in [5.74, 6) is 0.474. The highest BCUT2D eigenvalue weighted by Gasteiger charge is 2.13. The number of hydrogen-bond donors (Lipinski definition) is 0. The van der Waals surface area contributed by atoms with E-state index in [0.29, 0.717) is 5.71 Å². The summed E-state index contributed by atoms with van der Waals surface area (Å²) in [4.78, 5) is 20.4. The molecule has 1 aromatic carbocycles. The predicted molar refractivity (Wildman–Crippen MR) is 88.8 cm³/mol. The van der Waals surface area contributed by atoms with Gasteiger partial charge >= 0.3 is 5.97 Å². The quantitative estimate of drug-likeness (QED) is 0.607. The van der Waals surface area contributed by atoms with Gasteiger partial charge in [0, 0.05) is 18.0 Å². The van der Waals surface area contributed by atoms with E-state index in [2.05, 4.69) is 4.98 Å². The van der Waals surface area contributed by atoms with E-state index in [9.17, 15) is 4.79 Å². The van der Waals surface area contributed by atoms with Crippen molar-refractivity contribution in [2.24, 2.45) is 4.99 Å². The Morgan fingerprint density at radius 3 is 2.52 bits per heavy atom. The standard InChI is InChI=1S/C18H20N2O3/c1-13(14-6-8-16(22-2)9-7-14)20-17(11-18(21)23-3)15-5-4-10-19-12-15/h4-10,12-13H,11H2,1-3H3/t13-/m0/s1. The summed E-state index contributed by atoms with van der Waals surface area (Å²) in [5.41, 5.74) is 2.52. The molecule has 0 aliphatic heterocycles. The van der Waals surface area contributed by atoms with Crippen molar-refractivity contribution in [1.29, 1.82) is 0 Å². The average molecular weight is 312 g/mol. The molecule has 0 unspecified atom stereocenters. The lowest BCUT2D eigenvalue weighted by molar-refractivity contribution is -0.139. The number of ether oxygens (including phenoxy) is 2. The maximum atomic E-state index is 11.7. The molecule has 0 aliphatic rings. The van der Waals surface area contributed by atoms with Crippen LogP contribution in [0.2, 0.25) is 0 Å². The molecule has 2 aromatic rings. The number of benzene rings is 1.